The van der Waals surface area contributed by atoms with Crippen molar-refractivity contribution in [2.24, 2.45) is 5.73 Å². The number of aryl methyl sites for hydroxylation is 1. The smallest absolute Gasteiger partial charge is 0.194 e. The van der Waals surface area contributed by atoms with Crippen molar-refractivity contribution in [1.82, 2.24) is 9.88 Å². The highest BCUT2D eigenvalue weighted by Gasteiger charge is 2.23. The van der Waals surface area contributed by atoms with Crippen LogP contribution in [0.3, 0.4) is 0 Å². The van der Waals surface area contributed by atoms with Crippen LogP contribution in [0.25, 0.3) is 0 Å². The Bertz CT molecular complexity index is 324. The van der Waals surface area contributed by atoms with Crippen molar-refractivity contribution < 1.29 is 4.42 Å². The minimum Gasteiger partial charge on any atom is -0.449 e. The second-order valence-electron chi connectivity index (χ2n) is 4.55. The monoisotopic (exact) mass is 223 g/mol. The summed E-state index contributed by atoms with van der Waals surface area (Å²) >= 11 is 0. The average molecular weight is 223 g/mol. The summed E-state index contributed by atoms with van der Waals surface area (Å²) in [5, 5.41) is 0. The lowest BCUT2D eigenvalue weighted by Gasteiger charge is -2.30. The summed E-state index contributed by atoms with van der Waals surface area (Å²) in [4.78, 5) is 6.93. The molecule has 90 valence electrons. The van der Waals surface area contributed by atoms with Crippen LogP contribution in [-0.4, -0.2) is 30.0 Å². The molecule has 1 aromatic heterocycles. The maximum Gasteiger partial charge on any atom is 0.194 e. The first-order valence-corrected chi connectivity index (χ1v) is 6.16. The number of oxazole rings is 1. The summed E-state index contributed by atoms with van der Waals surface area (Å²) in [7, 11) is 2.16. The molecule has 0 radical (unpaired) electrons. The van der Waals surface area contributed by atoms with E-state index in [-0.39, 0.29) is 0 Å². The van der Waals surface area contributed by atoms with Crippen LogP contribution < -0.4 is 5.73 Å². The third-order valence-corrected chi connectivity index (χ3v) is 3.28. The van der Waals surface area contributed by atoms with Gasteiger partial charge in [0.05, 0.1) is 11.7 Å². The van der Waals surface area contributed by atoms with Crippen LogP contribution in [0.4, 0.5) is 0 Å². The summed E-state index contributed by atoms with van der Waals surface area (Å²) in [6, 6.07) is 0.448. The number of likely N-dealkylation sites (tertiary alicyclic amines) is 1. The van der Waals surface area contributed by atoms with Crippen LogP contribution in [0.15, 0.2) is 10.7 Å². The lowest BCUT2D eigenvalue weighted by Crippen LogP contribution is -2.29. The minimum atomic E-state index is 0.448. The molecule has 2 N–H and O–H groups in total. The lowest BCUT2D eigenvalue weighted by molar-refractivity contribution is 0.183. The zero-order chi connectivity index (χ0) is 11.4. The van der Waals surface area contributed by atoms with Crippen molar-refractivity contribution in [2.75, 3.05) is 20.1 Å². The molecule has 1 unspecified atom stereocenters. The van der Waals surface area contributed by atoms with Crippen LogP contribution in [0.1, 0.15) is 43.3 Å². The van der Waals surface area contributed by atoms with Crippen molar-refractivity contribution in [2.45, 2.75) is 38.1 Å². The van der Waals surface area contributed by atoms with Crippen molar-refractivity contribution in [1.29, 1.82) is 0 Å². The Morgan fingerprint density at radius 3 is 3.19 bits per heavy atom. The van der Waals surface area contributed by atoms with Gasteiger partial charge in [0.15, 0.2) is 5.89 Å². The second-order valence-corrected chi connectivity index (χ2v) is 4.55. The van der Waals surface area contributed by atoms with Gasteiger partial charge in [-0.2, -0.15) is 0 Å². The summed E-state index contributed by atoms with van der Waals surface area (Å²) < 4.78 is 5.47. The number of piperidine rings is 1. The molecule has 1 atom stereocenters. The van der Waals surface area contributed by atoms with Gasteiger partial charge in [0, 0.05) is 6.42 Å². The fourth-order valence-electron chi connectivity index (χ4n) is 2.30. The average Bonchev–Trinajstić information content (AvgIpc) is 2.75. The van der Waals surface area contributed by atoms with E-state index in [1.165, 1.54) is 19.3 Å². The fraction of sp³-hybridized carbons (Fsp3) is 0.750. The Balaban J connectivity index is 1.99. The maximum absolute atomic E-state index is 5.47. The molecule has 0 aliphatic carbocycles. The van der Waals surface area contributed by atoms with Gasteiger partial charge >= 0.3 is 0 Å². The topological polar surface area (TPSA) is 55.3 Å². The Kier molecular flexibility index (Phi) is 3.96. The first-order chi connectivity index (χ1) is 7.81. The zero-order valence-electron chi connectivity index (χ0n) is 9.98. The quantitative estimate of drug-likeness (QED) is 0.844. The number of nitrogens with two attached hydrogens (primary N) is 1. The van der Waals surface area contributed by atoms with Crippen molar-refractivity contribution in [3.8, 4) is 0 Å². The molecule has 4 nitrogen and oxygen atoms in total. The largest absolute Gasteiger partial charge is 0.449 e. The molecular formula is C12H21N3O. The molecule has 16 heavy (non-hydrogen) atoms. The number of nitrogens with zero attached hydrogens (tertiary/aromatic N) is 2. The summed E-state index contributed by atoms with van der Waals surface area (Å²) in [6.07, 6.45) is 7.40. The highest BCUT2D eigenvalue weighted by Crippen LogP contribution is 2.28. The van der Waals surface area contributed by atoms with Crippen LogP contribution >= 0.6 is 0 Å². The number of rotatable bonds is 4. The van der Waals surface area contributed by atoms with Gasteiger partial charge in [-0.1, -0.05) is 6.42 Å². The Hall–Kier alpha value is -0.870. The van der Waals surface area contributed by atoms with Crippen molar-refractivity contribution in [3.63, 3.8) is 0 Å². The second kappa shape index (κ2) is 5.46. The fourth-order valence-corrected chi connectivity index (χ4v) is 2.30. The zero-order valence-corrected chi connectivity index (χ0v) is 9.98. The molecular weight excluding hydrogens is 202 g/mol. The summed E-state index contributed by atoms with van der Waals surface area (Å²) in [5.74, 6) is 0.833. The maximum atomic E-state index is 5.47. The predicted molar refractivity (Wildman–Crippen MR) is 63.1 cm³/mol. The van der Waals surface area contributed by atoms with Gasteiger partial charge in [0.25, 0.3) is 0 Å². The molecule has 2 heterocycles. The molecule has 1 saturated heterocycles. The van der Waals surface area contributed by atoms with Gasteiger partial charge in [-0.3, -0.25) is 4.90 Å². The molecule has 1 aromatic rings. The highest BCUT2D eigenvalue weighted by atomic mass is 16.3. The van der Waals surface area contributed by atoms with Crippen LogP contribution in [0.5, 0.6) is 0 Å². The van der Waals surface area contributed by atoms with Gasteiger partial charge in [-0.15, -0.1) is 0 Å². The molecule has 2 rings (SSSR count). The van der Waals surface area contributed by atoms with Gasteiger partial charge in [-0.05, 0) is 39.4 Å². The van der Waals surface area contributed by atoms with Crippen molar-refractivity contribution >= 4 is 0 Å². The van der Waals surface area contributed by atoms with E-state index < -0.39 is 0 Å². The molecule has 0 spiro atoms. The van der Waals surface area contributed by atoms with E-state index in [2.05, 4.69) is 16.9 Å². The van der Waals surface area contributed by atoms with Crippen molar-refractivity contribution in [3.05, 3.63) is 17.8 Å². The van der Waals surface area contributed by atoms with E-state index in [1.54, 1.807) is 0 Å². The lowest BCUT2D eigenvalue weighted by atomic mass is 10.0. The molecule has 1 fully saturated rings. The Labute approximate surface area is 96.8 Å². The van der Waals surface area contributed by atoms with E-state index in [0.29, 0.717) is 12.6 Å². The predicted octanol–water partition coefficient (Wildman–Crippen LogP) is 1.72. The van der Waals surface area contributed by atoms with E-state index >= 15 is 0 Å². The van der Waals surface area contributed by atoms with E-state index in [4.69, 9.17) is 10.2 Å². The van der Waals surface area contributed by atoms with E-state index in [0.717, 1.165) is 31.0 Å². The van der Waals surface area contributed by atoms with Crippen LogP contribution in [0.2, 0.25) is 0 Å². The van der Waals surface area contributed by atoms with Gasteiger partial charge in [0.2, 0.25) is 0 Å². The molecule has 4 heteroatoms. The molecule has 0 amide bonds. The number of aromatic nitrogens is 1. The molecule has 1 aliphatic rings. The SMILES string of the molecule is CN1CCCCC1c1coc(CCCN)n1. The first-order valence-electron chi connectivity index (χ1n) is 6.16. The van der Waals surface area contributed by atoms with Gasteiger partial charge < -0.3 is 10.2 Å². The third kappa shape index (κ3) is 2.62. The van der Waals surface area contributed by atoms with Gasteiger partial charge in [-0.25, -0.2) is 4.98 Å². The number of hydrogen-bond acceptors (Lipinski definition) is 4. The third-order valence-electron chi connectivity index (χ3n) is 3.28. The summed E-state index contributed by atoms with van der Waals surface area (Å²) in [5.41, 5.74) is 6.56. The molecule has 0 saturated carbocycles. The van der Waals surface area contributed by atoms with E-state index in [9.17, 15) is 0 Å². The normalized spacial score (nSPS) is 22.5. The standard InChI is InChI=1S/C12H21N3O/c1-15-8-3-2-5-11(15)10-9-16-12(14-10)6-4-7-13/h9,11H,2-8,13H2,1H3. The van der Waals surface area contributed by atoms with Crippen LogP contribution in [0, 0.1) is 0 Å². The number of hydrogen-bond donors (Lipinski definition) is 1. The Morgan fingerprint density at radius 1 is 1.56 bits per heavy atom. The van der Waals surface area contributed by atoms with Crippen LogP contribution in [-0.2, 0) is 6.42 Å². The molecule has 1 aliphatic heterocycles. The molecule has 0 aromatic carbocycles. The van der Waals surface area contributed by atoms with E-state index in [1.807, 2.05) is 6.26 Å². The molecule has 0 bridgehead atoms. The Morgan fingerprint density at radius 2 is 2.44 bits per heavy atom. The highest BCUT2D eigenvalue weighted by molar-refractivity contribution is 5.04. The minimum absolute atomic E-state index is 0.448. The van der Waals surface area contributed by atoms with Gasteiger partial charge in [0.1, 0.15) is 6.26 Å². The summed E-state index contributed by atoms with van der Waals surface area (Å²) in [6.45, 7) is 1.86. The first kappa shape index (κ1) is 11.6.